The zero-order valence-corrected chi connectivity index (χ0v) is 21.8. The van der Waals surface area contributed by atoms with Crippen LogP contribution in [0.5, 0.6) is 11.6 Å². The van der Waals surface area contributed by atoms with E-state index in [9.17, 15) is 31.2 Å². The third-order valence-electron chi connectivity index (χ3n) is 6.32. The van der Waals surface area contributed by atoms with Crippen LogP contribution in [0, 0.1) is 5.82 Å². The summed E-state index contributed by atoms with van der Waals surface area (Å²) >= 11 is 0. The molecular formula is C25H26F3N5O5S. The van der Waals surface area contributed by atoms with Gasteiger partial charge < -0.3 is 15.0 Å². The average molecular weight is 566 g/mol. The predicted molar refractivity (Wildman–Crippen MR) is 136 cm³/mol. The lowest BCUT2D eigenvalue weighted by Gasteiger charge is -2.40. The summed E-state index contributed by atoms with van der Waals surface area (Å²) in [6.07, 6.45) is 4.11. The minimum absolute atomic E-state index is 0.0617. The third kappa shape index (κ3) is 7.20. The Bertz CT molecular complexity index is 1500. The smallest absolute Gasteiger partial charge is 0.257 e. The third-order valence-corrected chi connectivity index (χ3v) is 7.16. The summed E-state index contributed by atoms with van der Waals surface area (Å²) in [6.45, 7) is 1.30. The number of rotatable bonds is 8. The first-order valence-corrected chi connectivity index (χ1v) is 13.9. The van der Waals surface area contributed by atoms with Gasteiger partial charge in [0, 0.05) is 37.5 Å². The first kappa shape index (κ1) is 28.2. The van der Waals surface area contributed by atoms with E-state index < -0.39 is 57.2 Å². The van der Waals surface area contributed by atoms with Crippen LogP contribution in [0.15, 0.2) is 53.7 Å². The van der Waals surface area contributed by atoms with E-state index in [4.69, 9.17) is 4.74 Å². The fourth-order valence-electron chi connectivity index (χ4n) is 4.22. The van der Waals surface area contributed by atoms with Crippen LogP contribution in [0.3, 0.4) is 0 Å². The van der Waals surface area contributed by atoms with Gasteiger partial charge >= 0.3 is 0 Å². The second kappa shape index (κ2) is 11.1. The number of carbonyl (C=O) groups excluding carboxylic acids is 1. The number of piperidine rings is 1. The maximum Gasteiger partial charge on any atom is 0.257 e. The number of pyridine rings is 1. The maximum absolute atomic E-state index is 14.9. The molecule has 0 saturated carbocycles. The first-order chi connectivity index (χ1) is 18.3. The van der Waals surface area contributed by atoms with E-state index in [1.165, 1.54) is 42.7 Å². The van der Waals surface area contributed by atoms with Gasteiger partial charge in [0.15, 0.2) is 15.7 Å². The number of sulfone groups is 1. The molecule has 1 aliphatic rings. The second-order valence-corrected chi connectivity index (χ2v) is 11.5. The normalized spacial score (nSPS) is 18.3. The predicted octanol–water partition coefficient (Wildman–Crippen LogP) is 3.09. The van der Waals surface area contributed by atoms with Crippen LogP contribution in [-0.2, 0) is 20.4 Å². The number of hydrogen-bond donors (Lipinski definition) is 2. The summed E-state index contributed by atoms with van der Waals surface area (Å²) in [5, 5.41) is 2.59. The highest BCUT2D eigenvalue weighted by Crippen LogP contribution is 2.40. The monoisotopic (exact) mass is 565 g/mol. The number of H-pyrrole nitrogens is 1. The number of hydrogen-bond acceptors (Lipinski definition) is 8. The van der Waals surface area contributed by atoms with Gasteiger partial charge in [0.2, 0.25) is 11.8 Å². The van der Waals surface area contributed by atoms with Crippen LogP contribution in [0.2, 0.25) is 0 Å². The zero-order chi connectivity index (χ0) is 28.4. The van der Waals surface area contributed by atoms with Crippen molar-refractivity contribution in [2.45, 2.75) is 37.0 Å². The highest BCUT2D eigenvalue weighted by Gasteiger charge is 2.46. The van der Waals surface area contributed by atoms with Gasteiger partial charge in [-0.15, -0.1) is 0 Å². The van der Waals surface area contributed by atoms with Gasteiger partial charge in [0.1, 0.15) is 11.6 Å². The molecule has 1 amide bonds. The summed E-state index contributed by atoms with van der Waals surface area (Å²) < 4.78 is 71.7. The lowest BCUT2D eigenvalue weighted by atomic mass is 9.86. The molecule has 4 rings (SSSR count). The second-order valence-electron chi connectivity index (χ2n) is 9.38. The Kier molecular flexibility index (Phi) is 8.07. The van der Waals surface area contributed by atoms with Gasteiger partial charge in [0.05, 0.1) is 30.1 Å². The van der Waals surface area contributed by atoms with Crippen LogP contribution in [0.1, 0.15) is 30.4 Å². The van der Waals surface area contributed by atoms with E-state index in [2.05, 4.69) is 20.3 Å². The molecule has 1 aliphatic heterocycles. The van der Waals surface area contributed by atoms with E-state index in [1.807, 2.05) is 0 Å². The van der Waals surface area contributed by atoms with Crippen LogP contribution in [0.4, 0.5) is 19.0 Å². The molecule has 0 bridgehead atoms. The van der Waals surface area contributed by atoms with E-state index in [0.29, 0.717) is 5.75 Å². The Hall–Kier alpha value is -3.78. The van der Waals surface area contributed by atoms with Crippen molar-refractivity contribution in [1.29, 1.82) is 0 Å². The number of carbonyl (C=O) groups is 1. The van der Waals surface area contributed by atoms with Crippen molar-refractivity contribution >= 4 is 21.6 Å². The Balaban J connectivity index is 1.43. The Labute approximate surface area is 222 Å². The van der Waals surface area contributed by atoms with Gasteiger partial charge in [-0.3, -0.25) is 14.5 Å². The Morgan fingerprint density at radius 3 is 2.62 bits per heavy atom. The molecular weight excluding hydrogens is 539 g/mol. The maximum atomic E-state index is 14.9. The van der Waals surface area contributed by atoms with Gasteiger partial charge in [-0.05, 0) is 42.8 Å². The van der Waals surface area contributed by atoms with Crippen molar-refractivity contribution in [3.05, 3.63) is 76.2 Å². The molecule has 2 N–H and O–H groups in total. The minimum Gasteiger partial charge on any atom is -0.438 e. The number of halogens is 3. The van der Waals surface area contributed by atoms with Gasteiger partial charge in [0.25, 0.3) is 11.5 Å². The molecule has 0 aliphatic carbocycles. The molecule has 1 fully saturated rings. The van der Waals surface area contributed by atoms with E-state index in [-0.39, 0.29) is 35.9 Å². The number of aromatic amines is 1. The highest BCUT2D eigenvalue weighted by atomic mass is 32.2. The molecule has 0 radical (unpaired) electrons. The molecule has 2 aromatic heterocycles. The molecule has 2 unspecified atom stereocenters. The SMILES string of the molecule is CC(C(=O)Nc1cnc(Oc2ccc(F)cc2)cn1)N1CCC(F)(F)C(c2c[nH]c(=O)c(CS(C)(=O)=O)c2)C1. The fraction of sp³-hybridized carbons (Fsp3) is 0.360. The Morgan fingerprint density at radius 1 is 1.26 bits per heavy atom. The number of ether oxygens (including phenoxy) is 1. The van der Waals surface area contributed by atoms with Crippen molar-refractivity contribution in [3.63, 3.8) is 0 Å². The summed E-state index contributed by atoms with van der Waals surface area (Å²) in [7, 11) is -3.56. The molecule has 1 saturated heterocycles. The van der Waals surface area contributed by atoms with Crippen molar-refractivity contribution in [1.82, 2.24) is 19.9 Å². The van der Waals surface area contributed by atoms with E-state index >= 15 is 0 Å². The molecule has 3 aromatic rings. The lowest BCUT2D eigenvalue weighted by Crippen LogP contribution is -2.52. The average Bonchev–Trinajstić information content (AvgIpc) is 2.87. The van der Waals surface area contributed by atoms with Gasteiger partial charge in [-0.2, -0.15) is 0 Å². The van der Waals surface area contributed by atoms with Crippen LogP contribution in [-0.4, -0.2) is 65.5 Å². The van der Waals surface area contributed by atoms with Crippen LogP contribution in [0.25, 0.3) is 0 Å². The number of likely N-dealkylation sites (tertiary alicyclic amines) is 1. The van der Waals surface area contributed by atoms with Crippen LogP contribution >= 0.6 is 0 Å². The molecule has 3 heterocycles. The molecule has 1 aromatic carbocycles. The van der Waals surface area contributed by atoms with Crippen molar-refractivity contribution in [3.8, 4) is 11.6 Å². The van der Waals surface area contributed by atoms with Crippen molar-refractivity contribution < 1.29 is 31.1 Å². The first-order valence-electron chi connectivity index (χ1n) is 11.9. The quantitative estimate of drug-likeness (QED) is 0.426. The standard InChI is InChI=1S/C25H26F3N5O5S/c1-15(23(34)32-21-11-30-22(12-29-21)38-19-5-3-18(26)4-6-19)33-8-7-25(27,28)20(13-33)16-9-17(14-39(2,36)37)24(35)31-10-16/h3-6,9-12,15,20H,7-8,13-14H2,1-2H3,(H,31,35)(H,29,32,34). The number of amides is 1. The van der Waals surface area contributed by atoms with Gasteiger partial charge in [-0.1, -0.05) is 0 Å². The topological polar surface area (TPSA) is 134 Å². The van der Waals surface area contributed by atoms with Gasteiger partial charge in [-0.25, -0.2) is 31.6 Å². The number of anilines is 1. The molecule has 39 heavy (non-hydrogen) atoms. The van der Waals surface area contributed by atoms with E-state index in [1.54, 1.807) is 11.8 Å². The van der Waals surface area contributed by atoms with Crippen molar-refractivity contribution in [2.75, 3.05) is 24.7 Å². The summed E-state index contributed by atoms with van der Waals surface area (Å²) in [5.74, 6) is -5.43. The number of nitrogens with zero attached hydrogens (tertiary/aromatic N) is 3. The molecule has 0 spiro atoms. The molecule has 10 nitrogen and oxygen atoms in total. The summed E-state index contributed by atoms with van der Waals surface area (Å²) in [6, 6.07) is 5.67. The lowest BCUT2D eigenvalue weighted by molar-refractivity contribution is -0.125. The number of aromatic nitrogens is 3. The summed E-state index contributed by atoms with van der Waals surface area (Å²) in [4.78, 5) is 37.0. The zero-order valence-electron chi connectivity index (χ0n) is 21.0. The number of benzene rings is 1. The van der Waals surface area contributed by atoms with E-state index in [0.717, 1.165) is 12.5 Å². The number of alkyl halides is 2. The molecule has 14 heteroatoms. The number of nitrogens with one attached hydrogen (secondary N) is 2. The molecule has 2 atom stereocenters. The fourth-order valence-corrected chi connectivity index (χ4v) is 5.00. The summed E-state index contributed by atoms with van der Waals surface area (Å²) in [5.41, 5.74) is -0.708. The Morgan fingerprint density at radius 2 is 1.97 bits per heavy atom. The largest absolute Gasteiger partial charge is 0.438 e. The highest BCUT2D eigenvalue weighted by molar-refractivity contribution is 7.89. The van der Waals surface area contributed by atoms with Crippen molar-refractivity contribution in [2.24, 2.45) is 0 Å². The van der Waals surface area contributed by atoms with Crippen LogP contribution < -0.4 is 15.6 Å². The minimum atomic E-state index is -3.56. The molecule has 208 valence electrons.